The molecule has 1 aromatic heterocycles. The van der Waals surface area contributed by atoms with E-state index >= 15 is 0 Å². The van der Waals surface area contributed by atoms with Crippen molar-refractivity contribution in [3.05, 3.63) is 47.2 Å². The molecule has 0 bridgehead atoms. The Morgan fingerprint density at radius 1 is 1.20 bits per heavy atom. The molecule has 1 unspecified atom stereocenters. The van der Waals surface area contributed by atoms with Gasteiger partial charge in [-0.25, -0.2) is 4.98 Å². The number of nitrogens with zero attached hydrogens (tertiary/aromatic N) is 3. The van der Waals surface area contributed by atoms with Crippen molar-refractivity contribution in [1.82, 2.24) is 14.9 Å². The van der Waals surface area contributed by atoms with Crippen LogP contribution in [0, 0.1) is 0 Å². The lowest BCUT2D eigenvalue weighted by atomic mass is 10.2. The maximum absolute atomic E-state index is 5.93. The third-order valence-electron chi connectivity index (χ3n) is 3.62. The third-order valence-corrected chi connectivity index (χ3v) is 3.62. The number of hydrogen-bond acceptors (Lipinski definition) is 5. The van der Waals surface area contributed by atoms with Gasteiger partial charge in [-0.15, -0.1) is 12.4 Å². The molecule has 2 aromatic rings. The molecule has 1 aromatic carbocycles. The Kier molecular flexibility index (Phi) is 4.11. The van der Waals surface area contributed by atoms with Gasteiger partial charge in [0.1, 0.15) is 5.82 Å². The van der Waals surface area contributed by atoms with E-state index < -0.39 is 0 Å². The van der Waals surface area contributed by atoms with Crippen LogP contribution >= 0.6 is 12.4 Å². The molecule has 20 heavy (non-hydrogen) atoms. The van der Waals surface area contributed by atoms with Crippen LogP contribution in [0.5, 0.6) is 0 Å². The lowest BCUT2D eigenvalue weighted by Crippen LogP contribution is -2.19. The van der Waals surface area contributed by atoms with Crippen molar-refractivity contribution in [2.24, 2.45) is 0 Å². The highest BCUT2D eigenvalue weighted by Gasteiger charge is 2.30. The second-order valence-corrected chi connectivity index (χ2v) is 4.90. The summed E-state index contributed by atoms with van der Waals surface area (Å²) in [6.07, 6.45) is 0. The minimum atomic E-state index is 0. The van der Waals surface area contributed by atoms with Gasteiger partial charge in [0, 0.05) is 18.7 Å². The quantitative estimate of drug-likeness (QED) is 0.886. The van der Waals surface area contributed by atoms with Gasteiger partial charge in [-0.2, -0.15) is 4.98 Å². The van der Waals surface area contributed by atoms with E-state index in [2.05, 4.69) is 46.1 Å². The van der Waals surface area contributed by atoms with Crippen LogP contribution in [0.25, 0.3) is 0 Å². The van der Waals surface area contributed by atoms with E-state index in [1.54, 1.807) is 0 Å². The first kappa shape index (κ1) is 14.6. The molecule has 106 valence electrons. The topological polar surface area (TPSA) is 81.1 Å². The fourth-order valence-electron chi connectivity index (χ4n) is 2.57. The zero-order valence-electron chi connectivity index (χ0n) is 11.3. The zero-order chi connectivity index (χ0) is 13.4. The average molecular weight is 292 g/mol. The molecule has 1 aliphatic heterocycles. The van der Waals surface area contributed by atoms with Crippen LogP contribution in [-0.2, 0) is 13.1 Å². The van der Waals surface area contributed by atoms with Crippen molar-refractivity contribution < 1.29 is 0 Å². The van der Waals surface area contributed by atoms with Crippen LogP contribution in [0.3, 0.4) is 0 Å². The fourth-order valence-corrected chi connectivity index (χ4v) is 2.57. The smallest absolute Gasteiger partial charge is 0.222 e. The van der Waals surface area contributed by atoms with Crippen molar-refractivity contribution in [2.75, 3.05) is 11.5 Å². The predicted octanol–water partition coefficient (Wildman–Crippen LogP) is 2.14. The molecular formula is C14H18ClN5. The summed E-state index contributed by atoms with van der Waals surface area (Å²) < 4.78 is 0. The third kappa shape index (κ3) is 2.55. The Bertz CT molecular complexity index is 602. The Morgan fingerprint density at radius 2 is 1.90 bits per heavy atom. The molecule has 0 amide bonds. The largest absolute Gasteiger partial charge is 0.383 e. The Hall–Kier alpha value is -1.85. The van der Waals surface area contributed by atoms with Crippen LogP contribution in [0.4, 0.5) is 11.8 Å². The van der Waals surface area contributed by atoms with Crippen LogP contribution in [-0.4, -0.2) is 14.9 Å². The van der Waals surface area contributed by atoms with Crippen molar-refractivity contribution in [3.63, 3.8) is 0 Å². The Labute approximate surface area is 124 Å². The molecule has 5 nitrogen and oxygen atoms in total. The van der Waals surface area contributed by atoms with Crippen molar-refractivity contribution in [2.45, 2.75) is 26.1 Å². The molecular weight excluding hydrogens is 274 g/mol. The number of benzene rings is 1. The maximum Gasteiger partial charge on any atom is 0.222 e. The number of anilines is 2. The molecule has 6 heteroatoms. The zero-order valence-corrected chi connectivity index (χ0v) is 12.1. The lowest BCUT2D eigenvalue weighted by Gasteiger charge is -2.20. The van der Waals surface area contributed by atoms with Crippen LogP contribution in [0.2, 0.25) is 0 Å². The minimum absolute atomic E-state index is 0. The van der Waals surface area contributed by atoms with Crippen LogP contribution < -0.4 is 11.5 Å². The number of fused-ring (bicyclic) bond motifs is 1. The van der Waals surface area contributed by atoms with Crippen molar-refractivity contribution in [1.29, 1.82) is 0 Å². The molecule has 3 rings (SSSR count). The summed E-state index contributed by atoms with van der Waals surface area (Å²) in [6.45, 7) is 3.77. The van der Waals surface area contributed by atoms with Gasteiger partial charge < -0.3 is 11.5 Å². The highest BCUT2D eigenvalue weighted by Crippen LogP contribution is 2.35. The molecule has 1 atom stereocenters. The van der Waals surface area contributed by atoms with E-state index in [1.165, 1.54) is 5.56 Å². The molecule has 0 saturated heterocycles. The van der Waals surface area contributed by atoms with Crippen molar-refractivity contribution >= 4 is 24.2 Å². The first-order chi connectivity index (χ1) is 9.15. The molecule has 0 spiro atoms. The predicted molar refractivity (Wildman–Crippen MR) is 82.2 cm³/mol. The summed E-state index contributed by atoms with van der Waals surface area (Å²) in [5.41, 5.74) is 14.9. The van der Waals surface area contributed by atoms with Gasteiger partial charge >= 0.3 is 0 Å². The fraction of sp³-hybridized carbons (Fsp3) is 0.286. The summed E-state index contributed by atoms with van der Waals surface area (Å²) in [7, 11) is 0. The number of nitrogens with two attached hydrogens (primary N) is 2. The second kappa shape index (κ2) is 5.64. The van der Waals surface area contributed by atoms with E-state index in [0.717, 1.165) is 24.3 Å². The van der Waals surface area contributed by atoms with Crippen LogP contribution in [0.1, 0.15) is 29.8 Å². The molecule has 2 heterocycles. The average Bonchev–Trinajstić information content (AvgIpc) is 2.69. The molecule has 0 saturated carbocycles. The summed E-state index contributed by atoms with van der Waals surface area (Å²) in [6, 6.07) is 10.6. The SMILES string of the molecule is CC1c2nc(N)nc(N)c2CN1Cc1ccccc1.Cl. The normalized spacial score (nSPS) is 17.6. The maximum atomic E-state index is 5.93. The van der Waals surface area contributed by atoms with Gasteiger partial charge in [0.25, 0.3) is 0 Å². The molecule has 0 aliphatic carbocycles. The summed E-state index contributed by atoms with van der Waals surface area (Å²) >= 11 is 0. The van der Waals surface area contributed by atoms with Crippen molar-refractivity contribution in [3.8, 4) is 0 Å². The van der Waals surface area contributed by atoms with Gasteiger partial charge in [-0.1, -0.05) is 30.3 Å². The summed E-state index contributed by atoms with van der Waals surface area (Å²) in [4.78, 5) is 10.7. The standard InChI is InChI=1S/C14H17N5.ClH/c1-9-12-11(13(15)18-14(16)17-12)8-19(9)7-10-5-3-2-4-6-10;/h2-6,9H,7-8H2,1H3,(H4,15,16,17,18);1H. The van der Waals surface area contributed by atoms with Gasteiger partial charge in [-0.05, 0) is 12.5 Å². The van der Waals surface area contributed by atoms with E-state index in [0.29, 0.717) is 5.82 Å². The number of hydrogen-bond donors (Lipinski definition) is 2. The molecule has 1 aliphatic rings. The van der Waals surface area contributed by atoms with Gasteiger partial charge in [-0.3, -0.25) is 4.90 Å². The molecule has 0 radical (unpaired) electrons. The number of aromatic nitrogens is 2. The summed E-state index contributed by atoms with van der Waals surface area (Å²) in [5, 5.41) is 0. The molecule has 0 fully saturated rings. The number of rotatable bonds is 2. The van der Waals surface area contributed by atoms with E-state index in [9.17, 15) is 0 Å². The first-order valence-corrected chi connectivity index (χ1v) is 6.35. The van der Waals surface area contributed by atoms with E-state index in [1.807, 2.05) is 6.07 Å². The van der Waals surface area contributed by atoms with E-state index in [-0.39, 0.29) is 24.4 Å². The van der Waals surface area contributed by atoms with Gasteiger partial charge in [0.05, 0.1) is 11.7 Å². The first-order valence-electron chi connectivity index (χ1n) is 6.35. The minimum Gasteiger partial charge on any atom is -0.383 e. The lowest BCUT2D eigenvalue weighted by molar-refractivity contribution is 0.218. The highest BCUT2D eigenvalue weighted by molar-refractivity contribution is 5.85. The summed E-state index contributed by atoms with van der Waals surface area (Å²) in [5.74, 6) is 0.759. The number of nitrogen functional groups attached to an aromatic ring is 2. The number of halogens is 1. The van der Waals surface area contributed by atoms with E-state index in [4.69, 9.17) is 11.5 Å². The Morgan fingerprint density at radius 3 is 2.60 bits per heavy atom. The van der Waals surface area contributed by atoms with Gasteiger partial charge in [0.15, 0.2) is 0 Å². The highest BCUT2D eigenvalue weighted by atomic mass is 35.5. The second-order valence-electron chi connectivity index (χ2n) is 4.90. The van der Waals surface area contributed by atoms with Gasteiger partial charge in [0.2, 0.25) is 5.95 Å². The molecule has 4 N–H and O–H groups in total. The van der Waals surface area contributed by atoms with Crippen LogP contribution in [0.15, 0.2) is 30.3 Å². The Balaban J connectivity index is 0.00000147. The monoisotopic (exact) mass is 291 g/mol.